The fourth-order valence-corrected chi connectivity index (χ4v) is 5.38. The molecular formula is C30H45NO6Si2. The second-order valence-electron chi connectivity index (χ2n) is 13.1. The van der Waals surface area contributed by atoms with Crippen molar-refractivity contribution in [1.82, 2.24) is 5.32 Å². The molecule has 2 aromatic rings. The predicted molar refractivity (Wildman–Crippen MR) is 161 cm³/mol. The molecule has 0 aliphatic carbocycles. The van der Waals surface area contributed by atoms with Crippen LogP contribution in [0.1, 0.15) is 57.5 Å². The van der Waals surface area contributed by atoms with E-state index in [4.69, 9.17) is 13.6 Å². The molecule has 0 aliphatic heterocycles. The Labute approximate surface area is 235 Å². The molecule has 0 unspecified atom stereocenters. The van der Waals surface area contributed by atoms with Gasteiger partial charge in [-0.3, -0.25) is 4.79 Å². The molecule has 9 heteroatoms. The SMILES string of the molecule is COC(=O)[C@@](C=O)(Cc1ccc(O[Si](C)(C)C(C)(C)C)c(O[Si](C)(C)C(C)(C)C)c1)NC(=O)c1ccccc1. The summed E-state index contributed by atoms with van der Waals surface area (Å²) in [6.45, 7) is 21.6. The lowest BCUT2D eigenvalue weighted by Gasteiger charge is -2.40. The first-order chi connectivity index (χ1) is 17.8. The maximum Gasteiger partial charge on any atom is 0.339 e. The Morgan fingerprint density at radius 3 is 1.79 bits per heavy atom. The third-order valence-corrected chi connectivity index (χ3v) is 16.6. The number of aldehydes is 1. The Morgan fingerprint density at radius 2 is 1.33 bits per heavy atom. The van der Waals surface area contributed by atoms with Gasteiger partial charge in [-0.2, -0.15) is 0 Å². The van der Waals surface area contributed by atoms with Gasteiger partial charge in [0, 0.05) is 12.0 Å². The van der Waals surface area contributed by atoms with Crippen molar-refractivity contribution in [2.24, 2.45) is 0 Å². The second-order valence-corrected chi connectivity index (χ2v) is 22.5. The molecule has 0 aliphatic rings. The maximum atomic E-state index is 13.0. The van der Waals surface area contributed by atoms with Crippen LogP contribution in [0.15, 0.2) is 48.5 Å². The number of rotatable bonds is 10. The van der Waals surface area contributed by atoms with E-state index in [0.717, 1.165) is 0 Å². The molecule has 39 heavy (non-hydrogen) atoms. The summed E-state index contributed by atoms with van der Waals surface area (Å²) >= 11 is 0. The van der Waals surface area contributed by atoms with Crippen molar-refractivity contribution in [3.63, 3.8) is 0 Å². The molecule has 0 saturated carbocycles. The molecule has 1 atom stereocenters. The molecule has 0 saturated heterocycles. The van der Waals surface area contributed by atoms with E-state index in [1.807, 2.05) is 12.1 Å². The molecule has 2 rings (SSSR count). The van der Waals surface area contributed by atoms with Gasteiger partial charge in [-0.15, -0.1) is 0 Å². The molecule has 0 heterocycles. The van der Waals surface area contributed by atoms with Gasteiger partial charge in [0.15, 0.2) is 11.8 Å². The van der Waals surface area contributed by atoms with Crippen LogP contribution in [0.25, 0.3) is 0 Å². The average Bonchev–Trinajstić information content (AvgIpc) is 2.83. The van der Waals surface area contributed by atoms with Crippen LogP contribution in [0, 0.1) is 0 Å². The highest BCUT2D eigenvalue weighted by Crippen LogP contribution is 2.44. The third kappa shape index (κ3) is 7.60. The van der Waals surface area contributed by atoms with E-state index in [2.05, 4.69) is 73.0 Å². The summed E-state index contributed by atoms with van der Waals surface area (Å²) in [5, 5.41) is 2.52. The Kier molecular flexibility index (Phi) is 9.67. The number of esters is 1. The number of nitrogens with one attached hydrogen (secondary N) is 1. The summed E-state index contributed by atoms with van der Waals surface area (Å²) in [7, 11) is -3.30. The van der Waals surface area contributed by atoms with Crippen molar-refractivity contribution in [2.75, 3.05) is 7.11 Å². The smallest absolute Gasteiger partial charge is 0.339 e. The van der Waals surface area contributed by atoms with Crippen molar-refractivity contribution in [3.8, 4) is 11.5 Å². The second kappa shape index (κ2) is 11.7. The first-order valence-electron chi connectivity index (χ1n) is 13.2. The van der Waals surface area contributed by atoms with E-state index in [-0.39, 0.29) is 16.5 Å². The van der Waals surface area contributed by atoms with Crippen LogP contribution < -0.4 is 14.2 Å². The van der Waals surface area contributed by atoms with Gasteiger partial charge in [-0.25, -0.2) is 4.79 Å². The Balaban J connectivity index is 2.59. The van der Waals surface area contributed by atoms with Gasteiger partial charge in [0.2, 0.25) is 0 Å². The highest BCUT2D eigenvalue weighted by molar-refractivity contribution is 6.75. The van der Waals surface area contributed by atoms with Gasteiger partial charge < -0.3 is 23.7 Å². The van der Waals surface area contributed by atoms with Crippen LogP contribution in [-0.4, -0.2) is 47.4 Å². The lowest BCUT2D eigenvalue weighted by molar-refractivity contribution is -0.149. The topological polar surface area (TPSA) is 90.9 Å². The number of hydrogen-bond donors (Lipinski definition) is 1. The quantitative estimate of drug-likeness (QED) is 0.151. The Hall–Kier alpha value is -2.92. The zero-order chi connectivity index (χ0) is 29.9. The minimum atomic E-state index is -2.28. The van der Waals surface area contributed by atoms with E-state index in [1.165, 1.54) is 7.11 Å². The first kappa shape index (κ1) is 32.3. The van der Waals surface area contributed by atoms with E-state index >= 15 is 0 Å². The largest absolute Gasteiger partial charge is 0.541 e. The molecule has 0 spiro atoms. The number of hydrogen-bond acceptors (Lipinski definition) is 6. The highest BCUT2D eigenvalue weighted by Gasteiger charge is 2.44. The van der Waals surface area contributed by atoms with Crippen molar-refractivity contribution >= 4 is 34.8 Å². The number of ether oxygens (including phenoxy) is 1. The Morgan fingerprint density at radius 1 is 0.821 bits per heavy atom. The number of amides is 1. The Bertz CT molecular complexity index is 1180. The summed E-state index contributed by atoms with van der Waals surface area (Å²) in [5.74, 6) is -0.194. The molecule has 0 fully saturated rings. The number of carbonyl (C=O) groups excluding carboxylic acids is 3. The van der Waals surface area contributed by atoms with Crippen LogP contribution in [0.5, 0.6) is 11.5 Å². The first-order valence-corrected chi connectivity index (χ1v) is 19.0. The fraction of sp³-hybridized carbons (Fsp3) is 0.500. The lowest BCUT2D eigenvalue weighted by Crippen LogP contribution is -2.58. The molecule has 2 aromatic carbocycles. The van der Waals surface area contributed by atoms with Crippen LogP contribution in [-0.2, 0) is 20.7 Å². The maximum absolute atomic E-state index is 13.0. The zero-order valence-corrected chi connectivity index (χ0v) is 27.4. The van der Waals surface area contributed by atoms with Gasteiger partial charge >= 0.3 is 5.97 Å². The van der Waals surface area contributed by atoms with Gasteiger partial charge in [0.1, 0.15) is 11.5 Å². The van der Waals surface area contributed by atoms with Crippen molar-refractivity contribution in [1.29, 1.82) is 0 Å². The summed E-state index contributed by atoms with van der Waals surface area (Å²) < 4.78 is 18.4. The van der Waals surface area contributed by atoms with Crippen molar-refractivity contribution in [3.05, 3.63) is 59.7 Å². The van der Waals surface area contributed by atoms with E-state index in [9.17, 15) is 14.4 Å². The molecule has 1 N–H and O–H groups in total. The summed E-state index contributed by atoms with van der Waals surface area (Å²) in [4.78, 5) is 38.4. The molecule has 0 radical (unpaired) electrons. The molecule has 7 nitrogen and oxygen atoms in total. The van der Waals surface area contributed by atoms with Gasteiger partial charge in [-0.1, -0.05) is 65.8 Å². The normalized spacial score (nSPS) is 14.1. The minimum absolute atomic E-state index is 0.0286. The fourth-order valence-electron chi connectivity index (χ4n) is 3.34. The monoisotopic (exact) mass is 571 g/mol. The summed E-state index contributed by atoms with van der Waals surface area (Å²) in [5.41, 5.74) is -0.970. The third-order valence-electron chi connectivity index (χ3n) is 7.96. The number of benzene rings is 2. The van der Waals surface area contributed by atoms with Crippen LogP contribution in [0.3, 0.4) is 0 Å². The van der Waals surface area contributed by atoms with Gasteiger partial charge in [-0.05, 0) is 66.1 Å². The molecule has 0 aromatic heterocycles. The number of carbonyl (C=O) groups is 3. The number of methoxy groups -OCH3 is 1. The van der Waals surface area contributed by atoms with Crippen molar-refractivity contribution < 1.29 is 28.0 Å². The highest BCUT2D eigenvalue weighted by atomic mass is 28.4. The predicted octanol–water partition coefficient (Wildman–Crippen LogP) is 6.54. The van der Waals surface area contributed by atoms with Crippen LogP contribution >= 0.6 is 0 Å². The molecule has 214 valence electrons. The minimum Gasteiger partial charge on any atom is -0.541 e. The van der Waals surface area contributed by atoms with Gasteiger partial charge in [0.05, 0.1) is 7.11 Å². The average molecular weight is 572 g/mol. The van der Waals surface area contributed by atoms with E-state index in [1.54, 1.807) is 36.4 Å². The summed E-state index contributed by atoms with van der Waals surface area (Å²) in [6, 6.07) is 13.9. The summed E-state index contributed by atoms with van der Waals surface area (Å²) in [6.07, 6.45) is 0.323. The lowest BCUT2D eigenvalue weighted by atomic mass is 9.91. The molecule has 0 bridgehead atoms. The molecule has 1 amide bonds. The standard InChI is InChI=1S/C30H45NO6Si2/c1-28(2,3)38(8,9)36-24-18-17-22(19-25(24)37-39(10,11)29(4,5)6)20-30(21-32,27(34)35-7)31-26(33)23-15-13-12-14-16-23/h12-19,21H,20H2,1-11H3,(H,31,33)/t30-/m0/s1. The van der Waals surface area contributed by atoms with E-state index < -0.39 is 34.1 Å². The van der Waals surface area contributed by atoms with E-state index in [0.29, 0.717) is 28.9 Å². The van der Waals surface area contributed by atoms with Gasteiger partial charge in [0.25, 0.3) is 22.5 Å². The van der Waals surface area contributed by atoms with Crippen LogP contribution in [0.2, 0.25) is 36.3 Å². The zero-order valence-electron chi connectivity index (χ0n) is 25.4. The van der Waals surface area contributed by atoms with Crippen LogP contribution in [0.4, 0.5) is 0 Å². The van der Waals surface area contributed by atoms with Crippen molar-refractivity contribution in [2.45, 2.75) is 89.8 Å². The molecular weight excluding hydrogens is 527 g/mol.